The first-order chi connectivity index (χ1) is 14.3. The molecule has 0 aliphatic heterocycles. The number of carbonyl (C=O) groups is 1. The van der Waals surface area contributed by atoms with Crippen LogP contribution in [0.25, 0.3) is 0 Å². The van der Waals surface area contributed by atoms with Gasteiger partial charge in [-0.1, -0.05) is 30.0 Å². The van der Waals surface area contributed by atoms with Gasteiger partial charge in [0, 0.05) is 11.4 Å². The predicted molar refractivity (Wildman–Crippen MR) is 121 cm³/mol. The molecule has 9 heteroatoms. The number of hydrogen-bond donors (Lipinski definition) is 1. The van der Waals surface area contributed by atoms with Crippen molar-refractivity contribution < 1.29 is 9.53 Å². The van der Waals surface area contributed by atoms with Gasteiger partial charge in [0.25, 0.3) is 0 Å². The minimum absolute atomic E-state index is 0.110. The average molecular weight is 446 g/mol. The van der Waals surface area contributed by atoms with Gasteiger partial charge in [-0.2, -0.15) is 0 Å². The van der Waals surface area contributed by atoms with Gasteiger partial charge in [-0.25, -0.2) is 4.98 Å². The van der Waals surface area contributed by atoms with E-state index in [-0.39, 0.29) is 17.2 Å². The Kier molecular flexibility index (Phi) is 7.14. The number of para-hydroxylation sites is 1. The Labute approximate surface area is 185 Å². The van der Waals surface area contributed by atoms with Gasteiger partial charge in [-0.3, -0.25) is 4.79 Å². The summed E-state index contributed by atoms with van der Waals surface area (Å²) in [4.78, 5) is 16.8. The molecule has 1 atom stereocenters. The molecule has 2 heterocycles. The number of thiazole rings is 1. The molecule has 0 spiro atoms. The number of aromatic nitrogens is 4. The van der Waals surface area contributed by atoms with Crippen molar-refractivity contribution in [1.29, 1.82) is 0 Å². The monoisotopic (exact) mass is 445 g/mol. The van der Waals surface area contributed by atoms with E-state index in [4.69, 9.17) is 4.74 Å². The molecule has 0 unspecified atom stereocenters. The maximum atomic E-state index is 12.6. The second-order valence-corrected chi connectivity index (χ2v) is 9.58. The van der Waals surface area contributed by atoms with Crippen LogP contribution in [0.15, 0.2) is 28.7 Å². The molecule has 7 nitrogen and oxygen atoms in total. The highest BCUT2D eigenvalue weighted by Crippen LogP contribution is 2.28. The van der Waals surface area contributed by atoms with Gasteiger partial charge in [-0.05, 0) is 52.7 Å². The summed E-state index contributed by atoms with van der Waals surface area (Å²) in [6.07, 6.45) is 0. The van der Waals surface area contributed by atoms with E-state index in [0.717, 1.165) is 28.4 Å². The first-order valence-corrected chi connectivity index (χ1v) is 11.5. The van der Waals surface area contributed by atoms with E-state index in [2.05, 4.69) is 34.3 Å². The molecule has 0 fully saturated rings. The number of nitrogens with one attached hydrogen (secondary N) is 1. The van der Waals surface area contributed by atoms with E-state index >= 15 is 0 Å². The summed E-state index contributed by atoms with van der Waals surface area (Å²) in [6, 6.07) is 6.21. The number of aryl methyl sites for hydroxylation is 3. The van der Waals surface area contributed by atoms with Crippen molar-refractivity contribution >= 4 is 34.1 Å². The van der Waals surface area contributed by atoms with Crippen LogP contribution in [0.4, 0.5) is 5.13 Å². The Morgan fingerprint density at radius 2 is 1.90 bits per heavy atom. The van der Waals surface area contributed by atoms with Crippen LogP contribution in [0, 0.1) is 20.8 Å². The highest BCUT2D eigenvalue weighted by atomic mass is 32.2. The minimum atomic E-state index is -0.344. The number of amides is 1. The molecule has 0 radical (unpaired) electrons. The van der Waals surface area contributed by atoms with Gasteiger partial charge in [-0.15, -0.1) is 21.5 Å². The molecule has 2 aromatic heterocycles. The summed E-state index contributed by atoms with van der Waals surface area (Å²) in [7, 11) is 0. The lowest BCUT2D eigenvalue weighted by molar-refractivity contribution is -0.115. The van der Waals surface area contributed by atoms with Crippen molar-refractivity contribution in [3.8, 4) is 5.75 Å². The van der Waals surface area contributed by atoms with Crippen molar-refractivity contribution in [1.82, 2.24) is 19.7 Å². The third-order valence-corrected chi connectivity index (χ3v) is 6.44. The van der Waals surface area contributed by atoms with Crippen molar-refractivity contribution in [2.24, 2.45) is 0 Å². The number of nitrogens with zero attached hydrogens (tertiary/aromatic N) is 4. The number of anilines is 1. The fourth-order valence-corrected chi connectivity index (χ4v) is 4.69. The van der Waals surface area contributed by atoms with Crippen molar-refractivity contribution in [3.05, 3.63) is 46.2 Å². The summed E-state index contributed by atoms with van der Waals surface area (Å²) in [5.74, 6) is 1.50. The molecule has 160 valence electrons. The minimum Gasteiger partial charge on any atom is -0.485 e. The molecule has 3 aromatic rings. The van der Waals surface area contributed by atoms with Crippen LogP contribution in [0.3, 0.4) is 0 Å². The number of rotatable bonds is 8. The Balaban J connectivity index is 1.71. The van der Waals surface area contributed by atoms with Gasteiger partial charge in [0.15, 0.2) is 16.1 Å². The van der Waals surface area contributed by atoms with Crippen LogP contribution in [0.5, 0.6) is 5.75 Å². The SMILES string of the molecule is Cc1csc(NC(=O)[C@@H](C)Sc2nnc(COc3c(C)cccc3C)n2C(C)C)n1. The highest BCUT2D eigenvalue weighted by Gasteiger charge is 2.22. The van der Waals surface area contributed by atoms with Crippen LogP contribution >= 0.6 is 23.1 Å². The number of benzene rings is 1. The Bertz CT molecular complexity index is 1010. The van der Waals surface area contributed by atoms with Crippen molar-refractivity contribution in [2.45, 2.75) is 64.6 Å². The van der Waals surface area contributed by atoms with Crippen LogP contribution in [0.2, 0.25) is 0 Å². The lowest BCUT2D eigenvalue weighted by Gasteiger charge is -2.17. The van der Waals surface area contributed by atoms with E-state index < -0.39 is 0 Å². The Hall–Kier alpha value is -2.39. The smallest absolute Gasteiger partial charge is 0.239 e. The normalized spacial score (nSPS) is 12.2. The number of ether oxygens (including phenoxy) is 1. The number of carbonyl (C=O) groups excluding carboxylic acids is 1. The first-order valence-electron chi connectivity index (χ1n) is 9.78. The molecule has 0 bridgehead atoms. The molecule has 0 aliphatic carbocycles. The molecule has 1 aromatic carbocycles. The third kappa shape index (κ3) is 5.20. The fourth-order valence-electron chi connectivity index (χ4n) is 3.00. The quantitative estimate of drug-likeness (QED) is 0.495. The molecular weight excluding hydrogens is 418 g/mol. The first kappa shape index (κ1) is 22.3. The molecule has 0 aliphatic rings. The summed E-state index contributed by atoms with van der Waals surface area (Å²) in [6.45, 7) is 12.3. The zero-order valence-corrected chi connectivity index (χ0v) is 19.7. The fraction of sp³-hybridized carbons (Fsp3) is 0.429. The lowest BCUT2D eigenvalue weighted by Crippen LogP contribution is -2.23. The molecule has 1 amide bonds. The van der Waals surface area contributed by atoms with Crippen LogP contribution in [-0.2, 0) is 11.4 Å². The molecule has 0 saturated carbocycles. The van der Waals surface area contributed by atoms with E-state index in [1.807, 2.05) is 55.8 Å². The maximum absolute atomic E-state index is 12.6. The molecule has 1 N–H and O–H groups in total. The Morgan fingerprint density at radius 3 is 2.50 bits per heavy atom. The van der Waals surface area contributed by atoms with Crippen LogP contribution in [-0.4, -0.2) is 30.9 Å². The van der Waals surface area contributed by atoms with Gasteiger partial charge >= 0.3 is 0 Å². The largest absolute Gasteiger partial charge is 0.485 e. The standard InChI is InChI=1S/C21H27N5O2S2/c1-12(2)26-17(10-28-18-13(3)8-7-9-14(18)4)24-25-21(26)30-16(6)19(27)23-20-22-15(5)11-29-20/h7-9,11-12,16H,10H2,1-6H3,(H,22,23,27)/t16-/m1/s1. The van der Waals surface area contributed by atoms with E-state index in [9.17, 15) is 4.79 Å². The molecule has 3 rings (SSSR count). The maximum Gasteiger partial charge on any atom is 0.239 e. The van der Waals surface area contributed by atoms with Gasteiger partial charge in [0.2, 0.25) is 5.91 Å². The highest BCUT2D eigenvalue weighted by molar-refractivity contribution is 8.00. The third-order valence-electron chi connectivity index (χ3n) is 4.51. The van der Waals surface area contributed by atoms with Crippen molar-refractivity contribution in [2.75, 3.05) is 5.32 Å². The second kappa shape index (κ2) is 9.61. The van der Waals surface area contributed by atoms with Crippen LogP contribution < -0.4 is 10.1 Å². The second-order valence-electron chi connectivity index (χ2n) is 7.42. The average Bonchev–Trinajstić information content (AvgIpc) is 3.27. The number of hydrogen-bond acceptors (Lipinski definition) is 7. The molecule has 30 heavy (non-hydrogen) atoms. The number of thioether (sulfide) groups is 1. The van der Waals surface area contributed by atoms with Gasteiger partial charge < -0.3 is 14.6 Å². The van der Waals surface area contributed by atoms with Crippen molar-refractivity contribution in [3.63, 3.8) is 0 Å². The summed E-state index contributed by atoms with van der Waals surface area (Å²) in [5.41, 5.74) is 3.06. The topological polar surface area (TPSA) is 81.9 Å². The van der Waals surface area contributed by atoms with E-state index in [1.165, 1.54) is 23.1 Å². The molecular formula is C21H27N5O2S2. The zero-order chi connectivity index (χ0) is 21.8. The summed E-state index contributed by atoms with van der Waals surface area (Å²) in [5, 5.41) is 14.4. The Morgan fingerprint density at radius 1 is 1.20 bits per heavy atom. The lowest BCUT2D eigenvalue weighted by atomic mass is 10.1. The van der Waals surface area contributed by atoms with Gasteiger partial charge in [0.05, 0.1) is 10.9 Å². The zero-order valence-electron chi connectivity index (χ0n) is 18.1. The van der Waals surface area contributed by atoms with Gasteiger partial charge in [0.1, 0.15) is 12.4 Å². The van der Waals surface area contributed by atoms with E-state index in [0.29, 0.717) is 16.9 Å². The summed E-state index contributed by atoms with van der Waals surface area (Å²) >= 11 is 2.80. The van der Waals surface area contributed by atoms with E-state index in [1.54, 1.807) is 0 Å². The predicted octanol–water partition coefficient (Wildman–Crippen LogP) is 4.94. The molecule has 0 saturated heterocycles. The summed E-state index contributed by atoms with van der Waals surface area (Å²) < 4.78 is 8.10. The van der Waals surface area contributed by atoms with Crippen LogP contribution in [0.1, 0.15) is 49.5 Å².